The lowest BCUT2D eigenvalue weighted by Gasteiger charge is -2.21. The van der Waals surface area contributed by atoms with Gasteiger partial charge in [0, 0.05) is 13.0 Å². The second kappa shape index (κ2) is 40.8. The summed E-state index contributed by atoms with van der Waals surface area (Å²) >= 11 is 0. The Morgan fingerprint density at radius 2 is 0.981 bits per heavy atom. The minimum Gasteiger partial charge on any atom is -0.462 e. The van der Waals surface area contributed by atoms with Gasteiger partial charge in [-0.3, -0.25) is 4.79 Å². The van der Waals surface area contributed by atoms with Crippen molar-refractivity contribution in [3.8, 4) is 0 Å². The van der Waals surface area contributed by atoms with Gasteiger partial charge in [0.15, 0.2) is 0 Å². The molecule has 0 aliphatic heterocycles. The van der Waals surface area contributed by atoms with Gasteiger partial charge in [-0.2, -0.15) is 0 Å². The van der Waals surface area contributed by atoms with Crippen molar-refractivity contribution in [3.05, 3.63) is 0 Å². The van der Waals surface area contributed by atoms with Gasteiger partial charge in [-0.05, 0) is 76.8 Å². The largest absolute Gasteiger partial charge is 0.508 e. The zero-order chi connectivity index (χ0) is 38.2. The Balaban J connectivity index is 4.02. The molecule has 0 rings (SSSR count). The van der Waals surface area contributed by atoms with E-state index >= 15 is 0 Å². The SMILES string of the molecule is CCCCCCCCC(CCCCCCCC)OC(=O)CCCCCCCN(CCO)CCCCCCOC(=O)OCC(CC)CCCCCCC. The summed E-state index contributed by atoms with van der Waals surface area (Å²) < 4.78 is 16.7. The fourth-order valence-electron chi connectivity index (χ4n) is 7.04. The fourth-order valence-corrected chi connectivity index (χ4v) is 7.04. The van der Waals surface area contributed by atoms with E-state index in [1.54, 1.807) is 0 Å². The van der Waals surface area contributed by atoms with E-state index in [-0.39, 0.29) is 18.7 Å². The van der Waals surface area contributed by atoms with Crippen molar-refractivity contribution in [2.24, 2.45) is 5.92 Å². The van der Waals surface area contributed by atoms with Gasteiger partial charge in [0.25, 0.3) is 0 Å². The van der Waals surface area contributed by atoms with Gasteiger partial charge >= 0.3 is 12.1 Å². The van der Waals surface area contributed by atoms with Crippen LogP contribution < -0.4 is 0 Å². The van der Waals surface area contributed by atoms with E-state index in [0.717, 1.165) is 103 Å². The van der Waals surface area contributed by atoms with Crippen LogP contribution in [0.25, 0.3) is 0 Å². The van der Waals surface area contributed by atoms with E-state index in [1.165, 1.54) is 109 Å². The molecule has 7 heteroatoms. The molecule has 1 atom stereocenters. The number of aliphatic hydroxyl groups is 1. The maximum absolute atomic E-state index is 12.7. The lowest BCUT2D eigenvalue weighted by Crippen LogP contribution is -2.29. The van der Waals surface area contributed by atoms with Gasteiger partial charge in [-0.15, -0.1) is 0 Å². The third-order valence-corrected chi connectivity index (χ3v) is 10.6. The molecule has 0 bridgehead atoms. The average Bonchev–Trinajstić information content (AvgIpc) is 3.14. The molecule has 0 saturated heterocycles. The molecule has 310 valence electrons. The van der Waals surface area contributed by atoms with Crippen molar-refractivity contribution < 1.29 is 28.9 Å². The van der Waals surface area contributed by atoms with Crippen molar-refractivity contribution in [1.29, 1.82) is 0 Å². The molecular formula is C45H89NO6. The van der Waals surface area contributed by atoms with E-state index in [1.807, 2.05) is 0 Å². The fraction of sp³-hybridized carbons (Fsp3) is 0.956. The molecule has 0 radical (unpaired) electrons. The smallest absolute Gasteiger partial charge is 0.462 e. The summed E-state index contributed by atoms with van der Waals surface area (Å²) in [6.45, 7) is 12.7. The number of ether oxygens (including phenoxy) is 3. The monoisotopic (exact) mass is 740 g/mol. The van der Waals surface area contributed by atoms with Gasteiger partial charge in [0.05, 0.1) is 19.8 Å². The highest BCUT2D eigenvalue weighted by Crippen LogP contribution is 2.19. The summed E-state index contributed by atoms with van der Waals surface area (Å²) in [5.74, 6) is 0.440. The predicted molar refractivity (Wildman–Crippen MR) is 220 cm³/mol. The van der Waals surface area contributed by atoms with Crippen LogP contribution in [0.15, 0.2) is 0 Å². The van der Waals surface area contributed by atoms with Crippen LogP contribution in [0, 0.1) is 5.92 Å². The Bertz CT molecular complexity index is 733. The molecule has 0 aliphatic carbocycles. The predicted octanol–water partition coefficient (Wildman–Crippen LogP) is 13.1. The minimum atomic E-state index is -0.523. The number of hydrogen-bond donors (Lipinski definition) is 1. The molecule has 1 unspecified atom stereocenters. The van der Waals surface area contributed by atoms with Crippen molar-refractivity contribution in [2.45, 2.75) is 233 Å². The Labute approximate surface area is 323 Å². The number of carbonyl (C=O) groups is 2. The number of esters is 1. The van der Waals surface area contributed by atoms with E-state index in [0.29, 0.717) is 25.6 Å². The summed E-state index contributed by atoms with van der Waals surface area (Å²) in [4.78, 5) is 27.1. The van der Waals surface area contributed by atoms with Crippen LogP contribution in [0.1, 0.15) is 227 Å². The summed E-state index contributed by atoms with van der Waals surface area (Å²) in [5.41, 5.74) is 0. The highest BCUT2D eigenvalue weighted by Gasteiger charge is 2.15. The summed E-state index contributed by atoms with van der Waals surface area (Å²) in [6, 6.07) is 0. The average molecular weight is 740 g/mol. The first-order chi connectivity index (χ1) is 25.5. The molecule has 0 fully saturated rings. The maximum atomic E-state index is 12.7. The van der Waals surface area contributed by atoms with E-state index in [9.17, 15) is 14.7 Å². The molecule has 0 aromatic rings. The van der Waals surface area contributed by atoms with Crippen LogP contribution >= 0.6 is 0 Å². The minimum absolute atomic E-state index is 0.00602. The molecule has 0 aromatic heterocycles. The summed E-state index contributed by atoms with van der Waals surface area (Å²) in [7, 11) is 0. The quantitative estimate of drug-likeness (QED) is 0.0493. The number of hydrogen-bond acceptors (Lipinski definition) is 7. The molecular weight excluding hydrogens is 650 g/mol. The number of rotatable bonds is 41. The number of aliphatic hydroxyl groups excluding tert-OH is 1. The van der Waals surface area contributed by atoms with E-state index in [2.05, 4.69) is 32.6 Å². The van der Waals surface area contributed by atoms with Crippen LogP contribution in [0.5, 0.6) is 0 Å². The highest BCUT2D eigenvalue weighted by molar-refractivity contribution is 5.69. The van der Waals surface area contributed by atoms with E-state index < -0.39 is 6.16 Å². The van der Waals surface area contributed by atoms with Crippen LogP contribution in [0.2, 0.25) is 0 Å². The molecule has 0 spiro atoms. The molecule has 0 heterocycles. The Hall–Kier alpha value is -1.34. The summed E-state index contributed by atoms with van der Waals surface area (Å²) in [6.07, 6.45) is 35.5. The summed E-state index contributed by atoms with van der Waals surface area (Å²) in [5, 5.41) is 9.55. The molecule has 0 saturated carbocycles. The molecule has 7 nitrogen and oxygen atoms in total. The van der Waals surface area contributed by atoms with Gasteiger partial charge in [-0.1, -0.05) is 163 Å². The number of nitrogens with zero attached hydrogens (tertiary/aromatic N) is 1. The van der Waals surface area contributed by atoms with Gasteiger partial charge in [-0.25, -0.2) is 4.79 Å². The van der Waals surface area contributed by atoms with Crippen LogP contribution in [-0.2, 0) is 19.0 Å². The van der Waals surface area contributed by atoms with Crippen LogP contribution in [0.4, 0.5) is 4.79 Å². The third kappa shape index (κ3) is 35.7. The second-order valence-electron chi connectivity index (χ2n) is 15.6. The number of unbranched alkanes of at least 4 members (excludes halogenated alkanes) is 21. The van der Waals surface area contributed by atoms with Crippen molar-refractivity contribution in [3.63, 3.8) is 0 Å². The standard InChI is InChI=1S/C45H89NO6/c1-5-9-12-15-19-26-33-43(34-27-20-16-13-10-6-2)52-44(48)35-28-21-17-22-29-36-46(38-39-47)37-30-23-24-31-40-50-45(49)51-41-42(8-4)32-25-18-14-11-7-3/h42-43,47H,5-41H2,1-4H3. The van der Waals surface area contributed by atoms with Crippen molar-refractivity contribution in [2.75, 3.05) is 39.5 Å². The molecule has 52 heavy (non-hydrogen) atoms. The maximum Gasteiger partial charge on any atom is 0.508 e. The van der Waals surface area contributed by atoms with Crippen LogP contribution in [-0.4, -0.2) is 67.7 Å². The Morgan fingerprint density at radius 3 is 1.50 bits per heavy atom. The first-order valence-corrected chi connectivity index (χ1v) is 22.8. The first-order valence-electron chi connectivity index (χ1n) is 22.8. The Morgan fingerprint density at radius 1 is 0.519 bits per heavy atom. The van der Waals surface area contributed by atoms with E-state index in [4.69, 9.17) is 14.2 Å². The number of carbonyl (C=O) groups excluding carboxylic acids is 2. The van der Waals surface area contributed by atoms with Crippen molar-refractivity contribution in [1.82, 2.24) is 4.90 Å². The lowest BCUT2D eigenvalue weighted by molar-refractivity contribution is -0.150. The lowest BCUT2D eigenvalue weighted by atomic mass is 9.99. The van der Waals surface area contributed by atoms with Crippen molar-refractivity contribution >= 4 is 12.1 Å². The highest BCUT2D eigenvalue weighted by atomic mass is 16.7. The Kier molecular flexibility index (Phi) is 39.8. The molecule has 0 amide bonds. The zero-order valence-corrected chi connectivity index (χ0v) is 35.3. The third-order valence-electron chi connectivity index (χ3n) is 10.6. The van der Waals surface area contributed by atoms with Gasteiger partial charge < -0.3 is 24.2 Å². The molecule has 0 aromatic carbocycles. The zero-order valence-electron chi connectivity index (χ0n) is 35.3. The first kappa shape index (κ1) is 50.7. The van der Waals surface area contributed by atoms with Gasteiger partial charge in [0.2, 0.25) is 0 Å². The molecule has 1 N–H and O–H groups in total. The topological polar surface area (TPSA) is 85.3 Å². The normalized spacial score (nSPS) is 12.1. The molecule has 0 aliphatic rings. The van der Waals surface area contributed by atoms with Crippen LogP contribution in [0.3, 0.4) is 0 Å². The van der Waals surface area contributed by atoms with Gasteiger partial charge in [0.1, 0.15) is 6.10 Å². The second-order valence-corrected chi connectivity index (χ2v) is 15.6.